The number of rotatable bonds is 3. The molecule has 0 radical (unpaired) electrons. The lowest BCUT2D eigenvalue weighted by Gasteiger charge is -2.20. The van der Waals surface area contributed by atoms with Crippen LogP contribution in [0.3, 0.4) is 0 Å². The average Bonchev–Trinajstić information content (AvgIpc) is 3.40. The number of aromatic nitrogens is 2. The number of nitrogens with one attached hydrogen (secondary N) is 2. The van der Waals surface area contributed by atoms with Crippen molar-refractivity contribution in [1.29, 1.82) is 0 Å². The molecule has 0 saturated carbocycles. The molecule has 0 bridgehead atoms. The van der Waals surface area contributed by atoms with Crippen molar-refractivity contribution in [2.75, 3.05) is 28.6 Å². The number of fused-ring (bicyclic) bond motifs is 1. The van der Waals surface area contributed by atoms with E-state index in [1.54, 1.807) is 18.6 Å². The maximum absolute atomic E-state index is 12.5. The van der Waals surface area contributed by atoms with Crippen LogP contribution >= 0.6 is 0 Å². The van der Waals surface area contributed by atoms with Gasteiger partial charge in [-0.2, -0.15) is 0 Å². The number of amides is 1. The molecule has 1 saturated heterocycles. The summed E-state index contributed by atoms with van der Waals surface area (Å²) in [4.78, 5) is 19.0. The quantitative estimate of drug-likeness (QED) is 0.734. The summed E-state index contributed by atoms with van der Waals surface area (Å²) >= 11 is 0. The molecule has 0 unspecified atom stereocenters. The molecule has 2 aromatic carbocycles. The minimum atomic E-state index is -0.132. The van der Waals surface area contributed by atoms with E-state index in [2.05, 4.69) is 32.7 Å². The number of hydrogen-bond donors (Lipinski definition) is 2. The maximum atomic E-state index is 12.5. The number of carbonyl (C=O) groups excluding carboxylic acids is 1. The van der Waals surface area contributed by atoms with Crippen LogP contribution in [0.4, 0.5) is 17.1 Å². The average molecular weight is 371 g/mol. The van der Waals surface area contributed by atoms with Gasteiger partial charge < -0.3 is 20.1 Å². The maximum Gasteiger partial charge on any atom is 0.250 e. The molecule has 140 valence electrons. The van der Waals surface area contributed by atoms with E-state index in [4.69, 9.17) is 0 Å². The summed E-state index contributed by atoms with van der Waals surface area (Å²) in [6.07, 6.45) is 9.47. The molecule has 0 aliphatic carbocycles. The Bertz CT molecular complexity index is 1050. The first-order valence-corrected chi connectivity index (χ1v) is 9.54. The number of hydrogen-bond acceptors (Lipinski definition) is 4. The monoisotopic (exact) mass is 371 g/mol. The number of nitrogens with zero attached hydrogens (tertiary/aromatic N) is 3. The van der Waals surface area contributed by atoms with Crippen molar-refractivity contribution in [3.63, 3.8) is 0 Å². The summed E-state index contributed by atoms with van der Waals surface area (Å²) < 4.78 is 1.94. The molecule has 0 atom stereocenters. The summed E-state index contributed by atoms with van der Waals surface area (Å²) in [5.41, 5.74) is 5.57. The van der Waals surface area contributed by atoms with E-state index in [1.165, 1.54) is 12.8 Å². The summed E-state index contributed by atoms with van der Waals surface area (Å²) in [6.45, 7) is 2.15. The van der Waals surface area contributed by atoms with Gasteiger partial charge in [-0.1, -0.05) is 12.1 Å². The highest BCUT2D eigenvalue weighted by molar-refractivity contribution is 6.10. The van der Waals surface area contributed by atoms with Crippen molar-refractivity contribution < 1.29 is 4.79 Å². The SMILES string of the molecule is O=C1C=C(c2cccc(-n3ccnc3)c2)Nc2ccc(N3CCCC3)cc2N1. The number of imidazole rings is 1. The van der Waals surface area contributed by atoms with Gasteiger partial charge in [-0.25, -0.2) is 4.98 Å². The Kier molecular flexibility index (Phi) is 4.09. The largest absolute Gasteiger partial charge is 0.371 e. The topological polar surface area (TPSA) is 62.2 Å². The fraction of sp³-hybridized carbons (Fsp3) is 0.182. The molecule has 1 aromatic heterocycles. The highest BCUT2D eigenvalue weighted by Gasteiger charge is 2.18. The summed E-state index contributed by atoms with van der Waals surface area (Å²) in [6, 6.07) is 14.3. The zero-order chi connectivity index (χ0) is 18.9. The van der Waals surface area contributed by atoms with Crippen LogP contribution < -0.4 is 15.5 Å². The number of anilines is 3. The molecule has 0 spiro atoms. The van der Waals surface area contributed by atoms with Crippen LogP contribution in [0.25, 0.3) is 11.4 Å². The van der Waals surface area contributed by atoms with Gasteiger partial charge in [0, 0.05) is 48.5 Å². The fourth-order valence-corrected chi connectivity index (χ4v) is 3.80. The normalized spacial score (nSPS) is 16.1. The van der Waals surface area contributed by atoms with Gasteiger partial charge in [-0.05, 0) is 43.2 Å². The van der Waals surface area contributed by atoms with Crippen LogP contribution in [0.1, 0.15) is 18.4 Å². The first-order valence-electron chi connectivity index (χ1n) is 9.54. The fourth-order valence-electron chi connectivity index (χ4n) is 3.80. The second-order valence-corrected chi connectivity index (χ2v) is 7.12. The van der Waals surface area contributed by atoms with Gasteiger partial charge in [0.2, 0.25) is 0 Å². The minimum Gasteiger partial charge on any atom is -0.371 e. The molecule has 6 heteroatoms. The van der Waals surface area contributed by atoms with Crippen molar-refractivity contribution in [2.45, 2.75) is 12.8 Å². The van der Waals surface area contributed by atoms with Gasteiger partial charge in [-0.15, -0.1) is 0 Å². The Morgan fingerprint density at radius 3 is 2.64 bits per heavy atom. The molecule has 28 heavy (non-hydrogen) atoms. The third-order valence-electron chi connectivity index (χ3n) is 5.24. The van der Waals surface area contributed by atoms with Crippen LogP contribution in [-0.2, 0) is 4.79 Å². The Morgan fingerprint density at radius 1 is 0.929 bits per heavy atom. The molecule has 6 nitrogen and oxygen atoms in total. The Balaban J connectivity index is 1.47. The molecule has 1 amide bonds. The molecule has 3 aromatic rings. The lowest BCUT2D eigenvalue weighted by Crippen LogP contribution is -2.18. The highest BCUT2D eigenvalue weighted by atomic mass is 16.1. The Morgan fingerprint density at radius 2 is 1.82 bits per heavy atom. The Hall–Kier alpha value is -3.54. The molecule has 3 heterocycles. The van der Waals surface area contributed by atoms with Crippen molar-refractivity contribution in [3.8, 4) is 5.69 Å². The van der Waals surface area contributed by atoms with E-state index in [0.29, 0.717) is 0 Å². The predicted molar refractivity (Wildman–Crippen MR) is 112 cm³/mol. The number of carbonyl (C=O) groups is 1. The third kappa shape index (κ3) is 3.13. The summed E-state index contributed by atoms with van der Waals surface area (Å²) in [7, 11) is 0. The van der Waals surface area contributed by atoms with Gasteiger partial charge in [0.05, 0.1) is 23.4 Å². The van der Waals surface area contributed by atoms with Crippen LogP contribution in [0, 0.1) is 0 Å². The minimum absolute atomic E-state index is 0.132. The van der Waals surface area contributed by atoms with E-state index < -0.39 is 0 Å². The molecule has 5 rings (SSSR count). The molecule has 2 aliphatic rings. The van der Waals surface area contributed by atoms with E-state index in [-0.39, 0.29) is 5.91 Å². The van der Waals surface area contributed by atoms with E-state index >= 15 is 0 Å². The summed E-state index contributed by atoms with van der Waals surface area (Å²) in [5, 5.41) is 6.44. The second-order valence-electron chi connectivity index (χ2n) is 7.12. The van der Waals surface area contributed by atoms with Crippen LogP contribution in [-0.4, -0.2) is 28.5 Å². The summed E-state index contributed by atoms with van der Waals surface area (Å²) in [5.74, 6) is -0.132. The van der Waals surface area contributed by atoms with Crippen LogP contribution in [0.5, 0.6) is 0 Å². The lowest BCUT2D eigenvalue weighted by atomic mass is 10.1. The Labute approximate surface area is 163 Å². The van der Waals surface area contributed by atoms with Crippen molar-refractivity contribution in [1.82, 2.24) is 9.55 Å². The lowest BCUT2D eigenvalue weighted by molar-refractivity contribution is -0.111. The molecule has 2 aliphatic heterocycles. The zero-order valence-corrected chi connectivity index (χ0v) is 15.4. The number of benzene rings is 2. The smallest absolute Gasteiger partial charge is 0.250 e. The van der Waals surface area contributed by atoms with Crippen molar-refractivity contribution in [2.24, 2.45) is 0 Å². The highest BCUT2D eigenvalue weighted by Crippen LogP contribution is 2.34. The van der Waals surface area contributed by atoms with Crippen molar-refractivity contribution >= 4 is 28.7 Å². The van der Waals surface area contributed by atoms with E-state index in [0.717, 1.165) is 47.1 Å². The molecule has 1 fully saturated rings. The standard InChI is InChI=1S/C22H21N5O/c28-22-14-20(16-4-3-5-17(12-16)27-11-8-23-15-27)24-19-7-6-18(13-21(19)25-22)26-9-1-2-10-26/h3-8,11-15,24H,1-2,9-10H2,(H,25,28). The first kappa shape index (κ1) is 16.6. The first-order chi connectivity index (χ1) is 13.8. The van der Waals surface area contributed by atoms with E-state index in [1.807, 2.05) is 41.1 Å². The van der Waals surface area contributed by atoms with Gasteiger partial charge in [0.1, 0.15) is 0 Å². The van der Waals surface area contributed by atoms with Crippen LogP contribution in [0.2, 0.25) is 0 Å². The van der Waals surface area contributed by atoms with Gasteiger partial charge >= 0.3 is 0 Å². The predicted octanol–water partition coefficient (Wildman–Crippen LogP) is 3.88. The molecule has 2 N–H and O–H groups in total. The van der Waals surface area contributed by atoms with Crippen LogP contribution in [0.15, 0.2) is 67.3 Å². The molecular weight excluding hydrogens is 350 g/mol. The van der Waals surface area contributed by atoms with Crippen molar-refractivity contribution in [3.05, 3.63) is 72.8 Å². The van der Waals surface area contributed by atoms with Gasteiger partial charge in [0.15, 0.2) is 0 Å². The van der Waals surface area contributed by atoms with Gasteiger partial charge in [-0.3, -0.25) is 4.79 Å². The van der Waals surface area contributed by atoms with E-state index in [9.17, 15) is 4.79 Å². The van der Waals surface area contributed by atoms with Gasteiger partial charge in [0.25, 0.3) is 5.91 Å². The third-order valence-corrected chi connectivity index (χ3v) is 5.24. The molecular formula is C22H21N5O. The second kappa shape index (κ2) is 6.88. The zero-order valence-electron chi connectivity index (χ0n) is 15.4.